The Bertz CT molecular complexity index is 1080. The van der Waals surface area contributed by atoms with E-state index in [0.717, 1.165) is 43.3 Å². The number of amides is 1. The van der Waals surface area contributed by atoms with E-state index in [1.54, 1.807) is 0 Å². The predicted molar refractivity (Wildman–Crippen MR) is 128 cm³/mol. The van der Waals surface area contributed by atoms with E-state index < -0.39 is 0 Å². The highest BCUT2D eigenvalue weighted by molar-refractivity contribution is 7.99. The molecule has 0 radical (unpaired) electrons. The minimum absolute atomic E-state index is 0.0791. The largest absolute Gasteiger partial charge is 0.486 e. The number of nitrogens with zero attached hydrogens (tertiary/aromatic N) is 4. The van der Waals surface area contributed by atoms with Crippen LogP contribution < -0.4 is 19.7 Å². The van der Waals surface area contributed by atoms with E-state index in [4.69, 9.17) is 9.47 Å². The third-order valence-electron chi connectivity index (χ3n) is 5.70. The van der Waals surface area contributed by atoms with Gasteiger partial charge >= 0.3 is 0 Å². The van der Waals surface area contributed by atoms with Gasteiger partial charge in [-0.15, -0.1) is 10.2 Å². The van der Waals surface area contributed by atoms with Crippen LogP contribution in [0.15, 0.2) is 59.8 Å². The second-order valence-electron chi connectivity index (χ2n) is 8.09. The summed E-state index contributed by atoms with van der Waals surface area (Å²) in [7, 11) is 0. The van der Waals surface area contributed by atoms with E-state index in [0.29, 0.717) is 24.1 Å². The molecule has 9 heteroatoms. The molecular formula is C24H27N5O3S. The van der Waals surface area contributed by atoms with Crippen LogP contribution in [0, 0.1) is 0 Å². The Morgan fingerprint density at radius 1 is 1.00 bits per heavy atom. The number of hydrogen-bond acceptors (Lipinski definition) is 7. The molecule has 1 N–H and O–H groups in total. The molecule has 2 aliphatic heterocycles. The maximum Gasteiger partial charge on any atom is 0.232 e. The molecule has 33 heavy (non-hydrogen) atoms. The van der Waals surface area contributed by atoms with Gasteiger partial charge in [-0.2, -0.15) is 0 Å². The Morgan fingerprint density at radius 3 is 2.58 bits per heavy atom. The lowest BCUT2D eigenvalue weighted by Gasteiger charge is -2.27. The number of rotatable bonds is 7. The number of carbonyl (C=O) groups excluding carboxylic acids is 1. The van der Waals surface area contributed by atoms with Gasteiger partial charge in [-0.1, -0.05) is 42.1 Å². The summed E-state index contributed by atoms with van der Waals surface area (Å²) in [5.41, 5.74) is 0.998. The summed E-state index contributed by atoms with van der Waals surface area (Å²) in [5, 5.41) is 12.6. The molecule has 5 rings (SSSR count). The maximum absolute atomic E-state index is 12.6. The van der Waals surface area contributed by atoms with Gasteiger partial charge in [0.05, 0.1) is 18.0 Å². The van der Waals surface area contributed by atoms with Crippen LogP contribution in [0.5, 0.6) is 11.5 Å². The number of para-hydroxylation sites is 3. The van der Waals surface area contributed by atoms with Crippen molar-refractivity contribution in [1.82, 2.24) is 20.1 Å². The van der Waals surface area contributed by atoms with E-state index in [9.17, 15) is 4.79 Å². The standard InChI is InChI=1S/C24H27N5O3S/c30-22(25-15-19-16-31-20-11-5-6-12-21(20)32-19)17-33-24-27-26-23(28-13-7-2-8-14-28)29(24)18-9-3-1-4-10-18/h1,3-6,9-12,19H,2,7-8,13-17H2,(H,25,30)/t19-/m1/s1. The number of piperidine rings is 1. The highest BCUT2D eigenvalue weighted by Gasteiger charge is 2.23. The van der Waals surface area contributed by atoms with Crippen LogP contribution in [0.1, 0.15) is 19.3 Å². The minimum atomic E-state index is -0.215. The maximum atomic E-state index is 12.6. The lowest BCUT2D eigenvalue weighted by atomic mass is 10.1. The number of aromatic nitrogens is 3. The van der Waals surface area contributed by atoms with Gasteiger partial charge in [0.25, 0.3) is 0 Å². The molecule has 8 nitrogen and oxygen atoms in total. The second kappa shape index (κ2) is 10.2. The number of hydrogen-bond donors (Lipinski definition) is 1. The monoisotopic (exact) mass is 465 g/mol. The van der Waals surface area contributed by atoms with Crippen molar-refractivity contribution in [2.75, 3.05) is 36.9 Å². The van der Waals surface area contributed by atoms with Crippen molar-refractivity contribution in [2.45, 2.75) is 30.5 Å². The van der Waals surface area contributed by atoms with Gasteiger partial charge in [-0.05, 0) is 43.5 Å². The normalized spacial score (nSPS) is 17.6. The fourth-order valence-electron chi connectivity index (χ4n) is 4.03. The molecule has 2 aromatic carbocycles. The van der Waals surface area contributed by atoms with Crippen LogP contribution >= 0.6 is 11.8 Å². The Balaban J connectivity index is 1.21. The number of fused-ring (bicyclic) bond motifs is 1. The molecule has 172 valence electrons. The van der Waals surface area contributed by atoms with E-state index in [1.165, 1.54) is 18.2 Å². The molecule has 0 bridgehead atoms. The van der Waals surface area contributed by atoms with Crippen molar-refractivity contribution in [3.8, 4) is 17.2 Å². The molecule has 1 saturated heterocycles. The number of ether oxygens (including phenoxy) is 2. The molecule has 0 aliphatic carbocycles. The lowest BCUT2D eigenvalue weighted by molar-refractivity contribution is -0.119. The average molecular weight is 466 g/mol. The van der Waals surface area contributed by atoms with Crippen LogP contribution in [-0.4, -0.2) is 58.8 Å². The number of carbonyl (C=O) groups is 1. The van der Waals surface area contributed by atoms with E-state index in [2.05, 4.69) is 25.0 Å². The molecule has 0 saturated carbocycles. The Labute approximate surface area is 197 Å². The zero-order valence-electron chi connectivity index (χ0n) is 18.4. The average Bonchev–Trinajstić information content (AvgIpc) is 3.31. The van der Waals surface area contributed by atoms with Crippen molar-refractivity contribution >= 4 is 23.6 Å². The smallest absolute Gasteiger partial charge is 0.232 e. The van der Waals surface area contributed by atoms with Crippen LogP contribution in [0.25, 0.3) is 5.69 Å². The fraction of sp³-hybridized carbons (Fsp3) is 0.375. The lowest BCUT2D eigenvalue weighted by Crippen LogP contribution is -2.41. The number of nitrogens with one attached hydrogen (secondary N) is 1. The van der Waals surface area contributed by atoms with Gasteiger partial charge in [0.1, 0.15) is 12.7 Å². The van der Waals surface area contributed by atoms with Crippen molar-refractivity contribution in [2.24, 2.45) is 0 Å². The van der Waals surface area contributed by atoms with Gasteiger partial charge < -0.3 is 19.7 Å². The predicted octanol–water partition coefficient (Wildman–Crippen LogP) is 3.31. The molecular weight excluding hydrogens is 438 g/mol. The van der Waals surface area contributed by atoms with Crippen molar-refractivity contribution < 1.29 is 14.3 Å². The number of benzene rings is 2. The summed E-state index contributed by atoms with van der Waals surface area (Å²) in [6.45, 7) is 2.75. The van der Waals surface area contributed by atoms with E-state index in [1.807, 2.05) is 54.6 Å². The molecule has 1 atom stereocenters. The first kappa shape index (κ1) is 21.6. The SMILES string of the molecule is O=C(CSc1nnc(N2CCCCC2)n1-c1ccccc1)NC[C@@H]1COc2ccccc2O1. The highest BCUT2D eigenvalue weighted by atomic mass is 32.2. The molecule has 3 aromatic rings. The van der Waals surface area contributed by atoms with Gasteiger partial charge in [0.15, 0.2) is 16.7 Å². The zero-order chi connectivity index (χ0) is 22.5. The zero-order valence-corrected chi connectivity index (χ0v) is 19.2. The van der Waals surface area contributed by atoms with Crippen LogP contribution in [0.4, 0.5) is 5.95 Å². The summed E-state index contributed by atoms with van der Waals surface area (Å²) in [5.74, 6) is 2.45. The Kier molecular flexibility index (Phi) is 6.66. The highest BCUT2D eigenvalue weighted by Crippen LogP contribution is 2.31. The molecule has 0 spiro atoms. The van der Waals surface area contributed by atoms with Crippen LogP contribution in [-0.2, 0) is 4.79 Å². The molecule has 1 amide bonds. The third kappa shape index (κ3) is 5.08. The van der Waals surface area contributed by atoms with Gasteiger partial charge in [0.2, 0.25) is 11.9 Å². The van der Waals surface area contributed by atoms with Crippen molar-refractivity contribution in [1.29, 1.82) is 0 Å². The fourth-order valence-corrected chi connectivity index (χ4v) is 4.81. The van der Waals surface area contributed by atoms with E-state index in [-0.39, 0.29) is 17.8 Å². The number of anilines is 1. The van der Waals surface area contributed by atoms with Gasteiger partial charge in [-0.25, -0.2) is 0 Å². The van der Waals surface area contributed by atoms with Crippen LogP contribution in [0.2, 0.25) is 0 Å². The van der Waals surface area contributed by atoms with Crippen molar-refractivity contribution in [3.05, 3.63) is 54.6 Å². The Morgan fingerprint density at radius 2 is 1.76 bits per heavy atom. The topological polar surface area (TPSA) is 81.5 Å². The summed E-state index contributed by atoms with van der Waals surface area (Å²) in [6.07, 6.45) is 3.35. The number of thioether (sulfide) groups is 1. The first-order chi connectivity index (χ1) is 16.3. The van der Waals surface area contributed by atoms with Gasteiger partial charge in [0, 0.05) is 13.1 Å². The van der Waals surface area contributed by atoms with Crippen LogP contribution in [0.3, 0.4) is 0 Å². The molecule has 0 unspecified atom stereocenters. The Hall–Kier alpha value is -3.20. The summed E-state index contributed by atoms with van der Waals surface area (Å²) < 4.78 is 13.7. The summed E-state index contributed by atoms with van der Waals surface area (Å²) in [6, 6.07) is 17.6. The summed E-state index contributed by atoms with van der Waals surface area (Å²) >= 11 is 1.39. The second-order valence-corrected chi connectivity index (χ2v) is 9.03. The van der Waals surface area contributed by atoms with E-state index >= 15 is 0 Å². The molecule has 2 aliphatic rings. The first-order valence-corrected chi connectivity index (χ1v) is 12.3. The third-order valence-corrected chi connectivity index (χ3v) is 6.63. The van der Waals surface area contributed by atoms with Crippen molar-refractivity contribution in [3.63, 3.8) is 0 Å². The first-order valence-electron chi connectivity index (χ1n) is 11.3. The molecule has 1 aromatic heterocycles. The minimum Gasteiger partial charge on any atom is -0.486 e. The van der Waals surface area contributed by atoms with Gasteiger partial charge in [-0.3, -0.25) is 9.36 Å². The molecule has 3 heterocycles. The summed E-state index contributed by atoms with van der Waals surface area (Å²) in [4.78, 5) is 14.8. The molecule has 1 fully saturated rings. The quantitative estimate of drug-likeness (QED) is 0.536.